The van der Waals surface area contributed by atoms with Gasteiger partial charge in [-0.1, -0.05) is 58.4 Å². The number of esters is 1. The van der Waals surface area contributed by atoms with E-state index in [0.29, 0.717) is 16.9 Å². The lowest BCUT2D eigenvalue weighted by atomic mass is 9.35. The molecule has 4 aliphatic carbocycles. The van der Waals surface area contributed by atoms with Gasteiger partial charge in [-0.15, -0.1) is 0 Å². The highest BCUT2D eigenvalue weighted by molar-refractivity contribution is 6.30. The van der Waals surface area contributed by atoms with Crippen molar-refractivity contribution >= 4 is 23.6 Å². The molecule has 0 spiro atoms. The Morgan fingerprint density at radius 1 is 0.957 bits per heavy atom. The van der Waals surface area contributed by atoms with Crippen LogP contribution in [-0.2, 0) is 14.3 Å². The molecule has 4 fully saturated rings. The number of carbonyl (C=O) groups is 1. The van der Waals surface area contributed by atoms with Crippen LogP contribution in [0.15, 0.2) is 30.3 Å². The van der Waals surface area contributed by atoms with Crippen molar-refractivity contribution in [1.82, 2.24) is 0 Å². The van der Waals surface area contributed by atoms with Crippen LogP contribution < -0.4 is 0 Å². The zero-order chi connectivity index (χ0) is 33.9. The molecule has 0 radical (unpaired) electrons. The molecule has 0 aromatic heterocycles. The molecule has 1 aromatic rings. The van der Waals surface area contributed by atoms with Crippen LogP contribution in [0.1, 0.15) is 125 Å². The third kappa shape index (κ3) is 6.14. The zero-order valence-corrected chi connectivity index (χ0v) is 30.8. The summed E-state index contributed by atoms with van der Waals surface area (Å²) in [6.07, 6.45) is 12.1. The van der Waals surface area contributed by atoms with Gasteiger partial charge in [0.25, 0.3) is 0 Å². The smallest absolute Gasteiger partial charge is 0.331 e. The fraction of sp³-hybridized carbons (Fsp3) is 0.775. The van der Waals surface area contributed by atoms with E-state index in [0.717, 1.165) is 69.8 Å². The first-order valence-corrected chi connectivity index (χ1v) is 18.3. The maximum atomic E-state index is 13.0. The molecule has 0 bridgehead atoms. The summed E-state index contributed by atoms with van der Waals surface area (Å²) in [6, 6.07) is 7.42. The van der Waals surface area contributed by atoms with Crippen molar-refractivity contribution in [3.63, 3.8) is 0 Å². The van der Waals surface area contributed by atoms with Gasteiger partial charge in [0.05, 0.1) is 17.3 Å². The molecule has 6 heteroatoms. The van der Waals surface area contributed by atoms with Crippen LogP contribution in [0.25, 0.3) is 6.08 Å². The molecule has 5 rings (SSSR count). The Hall–Kier alpha value is -1.40. The topological polar surface area (TPSA) is 76.0 Å². The molecular formula is C40H61ClO5. The molecule has 0 aliphatic heterocycles. The molecule has 0 unspecified atom stereocenters. The van der Waals surface area contributed by atoms with Crippen LogP contribution in [0.4, 0.5) is 0 Å². The molecule has 10 atom stereocenters. The third-order valence-corrected chi connectivity index (χ3v) is 14.9. The van der Waals surface area contributed by atoms with Crippen LogP contribution in [-0.4, -0.2) is 46.7 Å². The molecular weight excluding hydrogens is 596 g/mol. The summed E-state index contributed by atoms with van der Waals surface area (Å²) in [6.45, 7) is 18.3. The normalized spacial score (nSPS) is 40.1. The number of hydrogen-bond donors (Lipinski definition) is 2. The molecule has 4 aliphatic rings. The van der Waals surface area contributed by atoms with Gasteiger partial charge in [0, 0.05) is 23.6 Å². The van der Waals surface area contributed by atoms with Gasteiger partial charge in [0.15, 0.2) is 0 Å². The standard InChI is InChI=1S/C40H61ClO5/c1-35(2,45-9)20-10-21-40(8,44)28-17-23-39(7)34(28)29(42)25-31-37(5)22-19-32(36(3,4)30(37)18-24-38(31,39)6)46-33(43)16-13-26-11-14-27(41)15-12-26/h11-16,28-32,34,42,44H,10,17-25H2,1-9H3/b16-13+/t28-,29+,30-,31+,32-,34-,37-,38+,39+,40+/m0/s1. The largest absolute Gasteiger partial charge is 0.459 e. The minimum absolute atomic E-state index is 0.0380. The van der Waals surface area contributed by atoms with Gasteiger partial charge >= 0.3 is 5.97 Å². The highest BCUT2D eigenvalue weighted by atomic mass is 35.5. The van der Waals surface area contributed by atoms with E-state index in [4.69, 9.17) is 21.1 Å². The van der Waals surface area contributed by atoms with Gasteiger partial charge in [0.1, 0.15) is 6.10 Å². The van der Waals surface area contributed by atoms with Gasteiger partial charge in [-0.3, -0.25) is 0 Å². The number of ether oxygens (including phenoxy) is 2. The van der Waals surface area contributed by atoms with Crippen molar-refractivity contribution in [2.45, 2.75) is 143 Å². The lowest BCUT2D eigenvalue weighted by molar-refractivity contribution is -0.248. The minimum atomic E-state index is -0.816. The van der Waals surface area contributed by atoms with Crippen molar-refractivity contribution in [1.29, 1.82) is 0 Å². The second-order valence-electron chi connectivity index (χ2n) is 17.8. The van der Waals surface area contributed by atoms with Crippen LogP contribution in [0.5, 0.6) is 0 Å². The van der Waals surface area contributed by atoms with Gasteiger partial charge < -0.3 is 19.7 Å². The van der Waals surface area contributed by atoms with E-state index in [9.17, 15) is 15.0 Å². The van der Waals surface area contributed by atoms with Crippen LogP contribution in [0.2, 0.25) is 5.02 Å². The van der Waals surface area contributed by atoms with Crippen molar-refractivity contribution in [3.05, 3.63) is 40.9 Å². The van der Waals surface area contributed by atoms with Gasteiger partial charge in [-0.05, 0) is 149 Å². The SMILES string of the molecule is COC(C)(C)CCC[C@@](C)(O)[C@H]1CC[C@]2(C)[C@@H]1[C@H](O)C[C@@H]1[C@@]3(C)CC[C@H](OC(=O)/C=C/c4ccc(Cl)cc4)C(C)(C)[C@@H]3CC[C@]12C. The van der Waals surface area contributed by atoms with E-state index in [-0.39, 0.29) is 51.2 Å². The predicted molar refractivity (Wildman–Crippen MR) is 186 cm³/mol. The summed E-state index contributed by atoms with van der Waals surface area (Å²) in [5.41, 5.74) is -0.201. The first-order valence-electron chi connectivity index (χ1n) is 17.9. The van der Waals surface area contributed by atoms with Crippen LogP contribution in [0.3, 0.4) is 0 Å². The summed E-state index contributed by atoms with van der Waals surface area (Å²) < 4.78 is 11.8. The van der Waals surface area contributed by atoms with Gasteiger partial charge in [-0.25, -0.2) is 4.79 Å². The molecule has 5 nitrogen and oxygen atoms in total. The lowest BCUT2D eigenvalue weighted by Gasteiger charge is -2.70. The maximum Gasteiger partial charge on any atom is 0.331 e. The van der Waals surface area contributed by atoms with E-state index in [1.807, 2.05) is 31.2 Å². The first kappa shape index (κ1) is 35.9. The van der Waals surface area contributed by atoms with E-state index in [1.165, 1.54) is 6.08 Å². The third-order valence-electron chi connectivity index (χ3n) is 14.7. The number of fused-ring (bicyclic) bond motifs is 5. The highest BCUT2D eigenvalue weighted by Gasteiger charge is 2.71. The van der Waals surface area contributed by atoms with Gasteiger partial charge in [-0.2, -0.15) is 0 Å². The Morgan fingerprint density at radius 2 is 1.61 bits per heavy atom. The van der Waals surface area contributed by atoms with E-state index in [1.54, 1.807) is 13.2 Å². The number of halogens is 1. The zero-order valence-electron chi connectivity index (χ0n) is 30.0. The molecule has 0 amide bonds. The Kier molecular flexibility index (Phi) is 9.74. The molecule has 2 N–H and O–H groups in total. The number of methoxy groups -OCH3 is 1. The minimum Gasteiger partial charge on any atom is -0.459 e. The number of rotatable bonds is 9. The second kappa shape index (κ2) is 12.5. The predicted octanol–water partition coefficient (Wildman–Crippen LogP) is 9.27. The first-order chi connectivity index (χ1) is 21.3. The fourth-order valence-corrected chi connectivity index (χ4v) is 11.8. The average Bonchev–Trinajstić information content (AvgIpc) is 3.36. The Morgan fingerprint density at radius 3 is 2.26 bits per heavy atom. The molecule has 258 valence electrons. The van der Waals surface area contributed by atoms with Crippen molar-refractivity contribution in [2.75, 3.05) is 7.11 Å². The van der Waals surface area contributed by atoms with E-state index >= 15 is 0 Å². The maximum absolute atomic E-state index is 13.0. The Balaban J connectivity index is 1.32. The summed E-state index contributed by atoms with van der Waals surface area (Å²) in [5, 5.41) is 24.7. The Bertz CT molecular complexity index is 1280. The lowest BCUT2D eigenvalue weighted by Crippen LogP contribution is -2.66. The second-order valence-corrected chi connectivity index (χ2v) is 18.2. The number of aliphatic hydroxyl groups excluding tert-OH is 1. The average molecular weight is 657 g/mol. The van der Waals surface area contributed by atoms with Crippen molar-refractivity contribution in [3.8, 4) is 0 Å². The monoisotopic (exact) mass is 656 g/mol. The van der Waals surface area contributed by atoms with Gasteiger partial charge in [0.2, 0.25) is 0 Å². The number of aliphatic hydroxyl groups is 2. The molecule has 1 aromatic carbocycles. The summed E-state index contributed by atoms with van der Waals surface area (Å²) >= 11 is 6.01. The number of hydrogen-bond acceptors (Lipinski definition) is 5. The van der Waals surface area contributed by atoms with Crippen LogP contribution >= 0.6 is 11.6 Å². The highest BCUT2D eigenvalue weighted by Crippen LogP contribution is 2.76. The molecule has 46 heavy (non-hydrogen) atoms. The fourth-order valence-electron chi connectivity index (χ4n) is 11.7. The quantitative estimate of drug-likeness (QED) is 0.205. The summed E-state index contributed by atoms with van der Waals surface area (Å²) in [4.78, 5) is 13.0. The van der Waals surface area contributed by atoms with Crippen LogP contribution in [0, 0.1) is 45.3 Å². The van der Waals surface area contributed by atoms with E-state index in [2.05, 4.69) is 48.5 Å². The van der Waals surface area contributed by atoms with E-state index < -0.39 is 11.7 Å². The molecule has 0 heterocycles. The van der Waals surface area contributed by atoms with Crippen molar-refractivity contribution < 1.29 is 24.5 Å². The molecule has 0 saturated heterocycles. The Labute approximate surface area is 283 Å². The van der Waals surface area contributed by atoms with Crippen molar-refractivity contribution in [2.24, 2.45) is 45.3 Å². The number of carbonyl (C=O) groups excluding carboxylic acids is 1. The summed E-state index contributed by atoms with van der Waals surface area (Å²) in [7, 11) is 1.76. The molecule has 4 saturated carbocycles. The number of benzene rings is 1. The summed E-state index contributed by atoms with van der Waals surface area (Å²) in [5.74, 6) is 0.658.